The molecule has 0 amide bonds. The average molecular weight is 418 g/mol. The number of para-hydroxylation sites is 2. The zero-order valence-corrected chi connectivity index (χ0v) is 19.2. The quantitative estimate of drug-likeness (QED) is 0.680. The molecule has 158 valence electrons. The van der Waals surface area contributed by atoms with Gasteiger partial charge in [-0.15, -0.1) is 0 Å². The van der Waals surface area contributed by atoms with Crippen molar-refractivity contribution in [1.82, 2.24) is 0 Å². The van der Waals surface area contributed by atoms with E-state index in [4.69, 9.17) is 8.92 Å². The van der Waals surface area contributed by atoms with E-state index >= 15 is 0 Å². The van der Waals surface area contributed by atoms with Gasteiger partial charge in [0.1, 0.15) is 4.90 Å². The maximum atomic E-state index is 13.4. The second-order valence-corrected chi connectivity index (χ2v) is 9.60. The largest absolute Gasteiger partial charge is 0.377 e. The fourth-order valence-electron chi connectivity index (χ4n) is 4.16. The summed E-state index contributed by atoms with van der Waals surface area (Å²) in [6.07, 6.45) is 0.130. The molecule has 0 spiro atoms. The first-order valence-corrected chi connectivity index (χ1v) is 11.4. The molecule has 0 aromatic heterocycles. The smallest absolute Gasteiger partial charge is 0.339 e. The van der Waals surface area contributed by atoms with Crippen LogP contribution in [0.3, 0.4) is 0 Å². The maximum absolute atomic E-state index is 13.4. The van der Waals surface area contributed by atoms with Crippen LogP contribution in [-0.4, -0.2) is 33.7 Å². The fourth-order valence-corrected chi connectivity index (χ4v) is 5.68. The van der Waals surface area contributed by atoms with Gasteiger partial charge in [0.25, 0.3) is 0 Å². The number of benzene rings is 2. The summed E-state index contributed by atoms with van der Waals surface area (Å²) in [5, 5.41) is 0. The highest BCUT2D eigenvalue weighted by Crippen LogP contribution is 2.35. The Kier molecular flexibility index (Phi) is 5.97. The minimum Gasteiger partial charge on any atom is -0.377 e. The van der Waals surface area contributed by atoms with E-state index in [1.807, 2.05) is 60.6 Å². The molecule has 1 aliphatic heterocycles. The van der Waals surface area contributed by atoms with Crippen molar-refractivity contribution in [3.63, 3.8) is 0 Å². The number of ether oxygens (including phenoxy) is 1. The lowest BCUT2D eigenvalue weighted by Gasteiger charge is -2.37. The number of nitrogens with zero attached hydrogens (tertiary/aromatic N) is 1. The first-order valence-electron chi connectivity index (χ1n) is 10.0. The molecule has 1 saturated heterocycles. The predicted octanol–water partition coefficient (Wildman–Crippen LogP) is 4.61. The van der Waals surface area contributed by atoms with Gasteiger partial charge in [0, 0.05) is 13.1 Å². The third kappa shape index (κ3) is 4.14. The topological polar surface area (TPSA) is 55.8 Å². The van der Waals surface area contributed by atoms with Crippen LogP contribution in [0.1, 0.15) is 41.7 Å². The number of rotatable bonds is 4. The lowest BCUT2D eigenvalue weighted by atomic mass is 9.95. The molecule has 1 aliphatic rings. The molecule has 0 aliphatic carbocycles. The van der Waals surface area contributed by atoms with E-state index in [0.717, 1.165) is 33.5 Å². The number of hydrogen-bond acceptors (Lipinski definition) is 5. The molecule has 1 fully saturated rings. The van der Waals surface area contributed by atoms with Gasteiger partial charge in [-0.2, -0.15) is 8.42 Å². The Balaban J connectivity index is 2.04. The zero-order valence-electron chi connectivity index (χ0n) is 18.4. The van der Waals surface area contributed by atoms with E-state index < -0.39 is 10.1 Å². The summed E-state index contributed by atoms with van der Waals surface area (Å²) in [7, 11) is -3.98. The van der Waals surface area contributed by atoms with Crippen molar-refractivity contribution in [1.29, 1.82) is 0 Å². The molecule has 0 unspecified atom stereocenters. The minimum absolute atomic E-state index is 0.0651. The van der Waals surface area contributed by atoms with Gasteiger partial charge in [-0.3, -0.25) is 0 Å². The van der Waals surface area contributed by atoms with Gasteiger partial charge in [-0.1, -0.05) is 12.1 Å². The SMILES string of the molecule is Cc1c(C)c(C)c(S(=O)(=O)Oc2ccccc2N2C[C@H](C)O[C@@H](C)C2)c(C)c1C. The van der Waals surface area contributed by atoms with Crippen LogP contribution in [0.4, 0.5) is 5.69 Å². The Morgan fingerprint density at radius 3 is 1.90 bits per heavy atom. The Hall–Kier alpha value is -2.05. The second-order valence-electron chi connectivity index (χ2n) is 8.12. The van der Waals surface area contributed by atoms with Gasteiger partial charge >= 0.3 is 10.1 Å². The standard InChI is InChI=1S/C23H31NO4S/c1-14-12-24(13-15(2)27-14)21-10-8-9-11-22(21)28-29(25,26)23-19(6)17(4)16(3)18(5)20(23)7/h8-11,14-15H,12-13H2,1-7H3/t14-,15-/m0/s1. The molecule has 6 heteroatoms. The van der Waals surface area contributed by atoms with Crippen LogP contribution in [0.25, 0.3) is 0 Å². The average Bonchev–Trinajstić information content (AvgIpc) is 2.64. The van der Waals surface area contributed by atoms with Crippen molar-refractivity contribution < 1.29 is 17.3 Å². The summed E-state index contributed by atoms with van der Waals surface area (Å²) in [5.41, 5.74) is 5.36. The molecule has 2 aromatic rings. The van der Waals surface area contributed by atoms with Crippen LogP contribution in [0.5, 0.6) is 5.75 Å². The van der Waals surface area contributed by atoms with Crippen molar-refractivity contribution in [2.75, 3.05) is 18.0 Å². The summed E-state index contributed by atoms with van der Waals surface area (Å²) < 4.78 is 38.3. The summed E-state index contributed by atoms with van der Waals surface area (Å²) in [6, 6.07) is 7.32. The van der Waals surface area contributed by atoms with Crippen LogP contribution in [0.15, 0.2) is 29.2 Å². The molecule has 0 saturated carbocycles. The molecule has 3 rings (SSSR count). The monoisotopic (exact) mass is 417 g/mol. The van der Waals surface area contributed by atoms with Gasteiger partial charge in [-0.05, 0) is 88.4 Å². The van der Waals surface area contributed by atoms with Gasteiger partial charge in [0.15, 0.2) is 5.75 Å². The van der Waals surface area contributed by atoms with Crippen LogP contribution in [0.2, 0.25) is 0 Å². The number of morpholine rings is 1. The normalized spacial score (nSPS) is 20.0. The molecule has 0 radical (unpaired) electrons. The lowest BCUT2D eigenvalue weighted by Crippen LogP contribution is -2.45. The highest BCUT2D eigenvalue weighted by Gasteiger charge is 2.29. The molecule has 1 heterocycles. The first-order chi connectivity index (χ1) is 13.5. The van der Waals surface area contributed by atoms with Crippen molar-refractivity contribution in [3.8, 4) is 5.75 Å². The minimum atomic E-state index is -3.98. The van der Waals surface area contributed by atoms with E-state index in [2.05, 4.69) is 4.90 Å². The van der Waals surface area contributed by atoms with Gasteiger partial charge in [0.05, 0.1) is 17.9 Å². The summed E-state index contributed by atoms with van der Waals surface area (Å²) >= 11 is 0. The lowest BCUT2D eigenvalue weighted by molar-refractivity contribution is -0.00527. The van der Waals surface area contributed by atoms with E-state index in [1.54, 1.807) is 12.1 Å². The predicted molar refractivity (Wildman–Crippen MR) is 117 cm³/mol. The number of anilines is 1. The molecule has 2 atom stereocenters. The maximum Gasteiger partial charge on any atom is 0.339 e. The highest BCUT2D eigenvalue weighted by molar-refractivity contribution is 7.87. The van der Waals surface area contributed by atoms with E-state index in [1.165, 1.54) is 0 Å². The Morgan fingerprint density at radius 1 is 0.862 bits per heavy atom. The van der Waals surface area contributed by atoms with Gasteiger partial charge < -0.3 is 13.8 Å². The second kappa shape index (κ2) is 8.00. The Labute approximate surface area is 174 Å². The summed E-state index contributed by atoms with van der Waals surface area (Å²) in [5.74, 6) is 0.350. The Morgan fingerprint density at radius 2 is 1.34 bits per heavy atom. The van der Waals surface area contributed by atoms with E-state index in [9.17, 15) is 8.42 Å². The van der Waals surface area contributed by atoms with Crippen molar-refractivity contribution in [3.05, 3.63) is 52.1 Å². The van der Waals surface area contributed by atoms with Crippen molar-refractivity contribution in [2.24, 2.45) is 0 Å². The van der Waals surface area contributed by atoms with Crippen molar-refractivity contribution >= 4 is 15.8 Å². The van der Waals surface area contributed by atoms with Crippen molar-refractivity contribution in [2.45, 2.75) is 65.6 Å². The third-order valence-corrected chi connectivity index (χ3v) is 7.52. The Bertz CT molecular complexity index is 990. The molecule has 0 N–H and O–H groups in total. The third-order valence-electron chi connectivity index (χ3n) is 6.01. The highest BCUT2D eigenvalue weighted by atomic mass is 32.2. The molecule has 0 bridgehead atoms. The first kappa shape index (κ1) is 21.7. The van der Waals surface area contributed by atoms with Crippen LogP contribution >= 0.6 is 0 Å². The van der Waals surface area contributed by atoms with Crippen LogP contribution in [-0.2, 0) is 14.9 Å². The van der Waals surface area contributed by atoms with E-state index in [-0.39, 0.29) is 17.1 Å². The molecule has 5 nitrogen and oxygen atoms in total. The van der Waals surface area contributed by atoms with Gasteiger partial charge in [-0.25, -0.2) is 0 Å². The van der Waals surface area contributed by atoms with E-state index in [0.29, 0.717) is 18.8 Å². The molecular weight excluding hydrogens is 386 g/mol. The number of hydrogen-bond donors (Lipinski definition) is 0. The molecule has 2 aromatic carbocycles. The zero-order chi connectivity index (χ0) is 21.5. The van der Waals surface area contributed by atoms with Crippen LogP contribution < -0.4 is 9.08 Å². The van der Waals surface area contributed by atoms with Gasteiger partial charge in [0.2, 0.25) is 0 Å². The summed E-state index contributed by atoms with van der Waals surface area (Å²) in [6.45, 7) is 15.1. The summed E-state index contributed by atoms with van der Waals surface area (Å²) in [4.78, 5) is 2.41. The molecular formula is C23H31NO4S. The molecule has 29 heavy (non-hydrogen) atoms. The fraction of sp³-hybridized carbons (Fsp3) is 0.478. The van der Waals surface area contributed by atoms with Crippen LogP contribution in [0, 0.1) is 34.6 Å².